The summed E-state index contributed by atoms with van der Waals surface area (Å²) in [6.07, 6.45) is 6.79. The van der Waals surface area contributed by atoms with Gasteiger partial charge in [0.25, 0.3) is 5.91 Å². The lowest BCUT2D eigenvalue weighted by Gasteiger charge is -2.17. The second-order valence-corrected chi connectivity index (χ2v) is 8.39. The minimum absolute atomic E-state index is 0.0884. The molecule has 0 radical (unpaired) electrons. The SMILES string of the molecule is Cn1c(C2CCN(C#N)C2)c(-c2ccc(C(=O)N3CCCC3)cc2)c2c(N)ncnc21. The highest BCUT2D eigenvalue weighted by Crippen LogP contribution is 2.42. The predicted molar refractivity (Wildman–Crippen MR) is 118 cm³/mol. The van der Waals surface area contributed by atoms with Crippen LogP contribution in [0.4, 0.5) is 5.82 Å². The van der Waals surface area contributed by atoms with Crippen molar-refractivity contribution in [1.29, 1.82) is 5.26 Å². The van der Waals surface area contributed by atoms with E-state index in [0.717, 1.165) is 66.8 Å². The molecule has 4 heterocycles. The lowest BCUT2D eigenvalue weighted by molar-refractivity contribution is 0.0793. The average Bonchev–Trinajstić information content (AvgIpc) is 3.53. The molecule has 8 heteroatoms. The van der Waals surface area contributed by atoms with Gasteiger partial charge in [0.1, 0.15) is 17.8 Å². The lowest BCUT2D eigenvalue weighted by atomic mass is 9.94. The number of fused-ring (bicyclic) bond motifs is 1. The number of hydrogen-bond acceptors (Lipinski definition) is 6. The number of benzene rings is 1. The van der Waals surface area contributed by atoms with Crippen LogP contribution < -0.4 is 5.73 Å². The standard InChI is InChI=1S/C23H25N7O/c1-28-20(17-8-11-29(12-17)13-24)18(19-21(25)26-14-27-22(19)28)15-4-6-16(7-5-15)23(31)30-9-2-3-10-30/h4-7,14,17H,2-3,8-12H2,1H3,(H2,25,26,27). The average molecular weight is 416 g/mol. The summed E-state index contributed by atoms with van der Waals surface area (Å²) >= 11 is 0. The summed E-state index contributed by atoms with van der Waals surface area (Å²) in [6.45, 7) is 3.08. The number of aryl methyl sites for hydroxylation is 1. The van der Waals surface area contributed by atoms with Gasteiger partial charge < -0.3 is 20.1 Å². The number of hydrogen-bond donors (Lipinski definition) is 1. The summed E-state index contributed by atoms with van der Waals surface area (Å²) in [5.74, 6) is 0.721. The van der Waals surface area contributed by atoms with Crippen LogP contribution in [-0.2, 0) is 7.05 Å². The second-order valence-electron chi connectivity index (χ2n) is 8.39. The van der Waals surface area contributed by atoms with Gasteiger partial charge in [-0.3, -0.25) is 4.79 Å². The number of carbonyl (C=O) groups excluding carboxylic acids is 1. The van der Waals surface area contributed by atoms with Crippen LogP contribution in [0.3, 0.4) is 0 Å². The van der Waals surface area contributed by atoms with Crippen molar-refractivity contribution in [3.63, 3.8) is 0 Å². The molecule has 2 aromatic heterocycles. The van der Waals surface area contributed by atoms with Gasteiger partial charge in [0, 0.05) is 56.0 Å². The summed E-state index contributed by atoms with van der Waals surface area (Å²) in [5, 5.41) is 10.2. The molecule has 2 N–H and O–H groups in total. The van der Waals surface area contributed by atoms with E-state index in [9.17, 15) is 10.1 Å². The Kier molecular flexibility index (Phi) is 4.74. The number of nitrogen functional groups attached to an aromatic ring is 1. The molecule has 1 amide bonds. The molecule has 2 saturated heterocycles. The van der Waals surface area contributed by atoms with Crippen molar-refractivity contribution in [2.24, 2.45) is 7.05 Å². The number of rotatable bonds is 3. The first-order chi connectivity index (χ1) is 15.1. The molecule has 0 aliphatic carbocycles. The molecule has 8 nitrogen and oxygen atoms in total. The van der Waals surface area contributed by atoms with Crippen molar-refractivity contribution in [3.8, 4) is 17.3 Å². The molecule has 1 atom stereocenters. The molecule has 31 heavy (non-hydrogen) atoms. The topological polar surface area (TPSA) is 104 Å². The van der Waals surface area contributed by atoms with Gasteiger partial charge >= 0.3 is 0 Å². The molecule has 1 unspecified atom stereocenters. The van der Waals surface area contributed by atoms with E-state index in [0.29, 0.717) is 17.9 Å². The first-order valence-electron chi connectivity index (χ1n) is 10.7. The highest BCUT2D eigenvalue weighted by molar-refractivity contribution is 6.03. The number of amides is 1. The van der Waals surface area contributed by atoms with Gasteiger partial charge in [0.15, 0.2) is 6.19 Å². The lowest BCUT2D eigenvalue weighted by Crippen LogP contribution is -2.27. The smallest absolute Gasteiger partial charge is 0.253 e. The van der Waals surface area contributed by atoms with E-state index in [-0.39, 0.29) is 11.8 Å². The van der Waals surface area contributed by atoms with Crippen molar-refractivity contribution in [1.82, 2.24) is 24.3 Å². The number of anilines is 1. The van der Waals surface area contributed by atoms with Crippen LogP contribution in [0.15, 0.2) is 30.6 Å². The van der Waals surface area contributed by atoms with Gasteiger partial charge in [0.2, 0.25) is 0 Å². The number of carbonyl (C=O) groups is 1. The third-order valence-electron chi connectivity index (χ3n) is 6.57. The van der Waals surface area contributed by atoms with Gasteiger partial charge in [-0.05, 0) is 37.0 Å². The van der Waals surface area contributed by atoms with Gasteiger partial charge in [-0.2, -0.15) is 5.26 Å². The van der Waals surface area contributed by atoms with Gasteiger partial charge in [-0.1, -0.05) is 12.1 Å². The quantitative estimate of drug-likeness (QED) is 0.660. The fourth-order valence-corrected chi connectivity index (χ4v) is 5.02. The van der Waals surface area contributed by atoms with Crippen LogP contribution in [0.2, 0.25) is 0 Å². The first kappa shape index (κ1) is 19.4. The van der Waals surface area contributed by atoms with Crippen molar-refractivity contribution >= 4 is 22.8 Å². The Hall–Kier alpha value is -3.60. The fourth-order valence-electron chi connectivity index (χ4n) is 5.02. The molecule has 0 bridgehead atoms. The second kappa shape index (κ2) is 7.58. The molecule has 0 saturated carbocycles. The van der Waals surface area contributed by atoms with Crippen LogP contribution in [0.1, 0.15) is 41.2 Å². The maximum absolute atomic E-state index is 12.8. The maximum Gasteiger partial charge on any atom is 0.253 e. The number of nitriles is 1. The molecular weight excluding hydrogens is 390 g/mol. The van der Waals surface area contributed by atoms with Crippen LogP contribution >= 0.6 is 0 Å². The number of nitrogens with two attached hydrogens (primary N) is 1. The zero-order valence-corrected chi connectivity index (χ0v) is 17.6. The monoisotopic (exact) mass is 415 g/mol. The van der Waals surface area contributed by atoms with Gasteiger partial charge in [-0.15, -0.1) is 0 Å². The molecule has 2 aliphatic heterocycles. The fraction of sp³-hybridized carbons (Fsp3) is 0.391. The highest BCUT2D eigenvalue weighted by atomic mass is 16.2. The summed E-state index contributed by atoms with van der Waals surface area (Å²) in [6, 6.07) is 7.78. The van der Waals surface area contributed by atoms with Crippen molar-refractivity contribution in [2.45, 2.75) is 25.2 Å². The minimum Gasteiger partial charge on any atom is -0.383 e. The normalized spacial score (nSPS) is 18.6. The molecule has 0 spiro atoms. The Balaban J connectivity index is 1.61. The van der Waals surface area contributed by atoms with E-state index in [1.54, 1.807) is 4.90 Å². The Morgan fingerprint density at radius 3 is 2.58 bits per heavy atom. The van der Waals surface area contributed by atoms with Crippen LogP contribution in [0, 0.1) is 11.5 Å². The summed E-state index contributed by atoms with van der Waals surface area (Å²) < 4.78 is 2.08. The van der Waals surface area contributed by atoms with E-state index in [2.05, 4.69) is 20.7 Å². The Morgan fingerprint density at radius 2 is 1.90 bits per heavy atom. The molecular formula is C23H25N7O. The first-order valence-corrected chi connectivity index (χ1v) is 10.7. The maximum atomic E-state index is 12.8. The van der Waals surface area contributed by atoms with Crippen molar-refractivity contribution in [3.05, 3.63) is 41.9 Å². The zero-order valence-electron chi connectivity index (χ0n) is 17.6. The Morgan fingerprint density at radius 1 is 1.16 bits per heavy atom. The number of nitrogens with zero attached hydrogens (tertiary/aromatic N) is 6. The Labute approximate surface area is 180 Å². The highest BCUT2D eigenvalue weighted by Gasteiger charge is 2.31. The van der Waals surface area contributed by atoms with Crippen molar-refractivity contribution in [2.75, 3.05) is 31.9 Å². The van der Waals surface area contributed by atoms with E-state index in [4.69, 9.17) is 5.73 Å². The van der Waals surface area contributed by atoms with E-state index in [1.807, 2.05) is 36.2 Å². The third-order valence-corrected chi connectivity index (χ3v) is 6.57. The minimum atomic E-state index is 0.0884. The zero-order chi connectivity index (χ0) is 21.5. The molecule has 158 valence electrons. The van der Waals surface area contributed by atoms with Crippen LogP contribution in [0.5, 0.6) is 0 Å². The number of aromatic nitrogens is 3. The van der Waals surface area contributed by atoms with Crippen LogP contribution in [-0.4, -0.2) is 56.4 Å². The summed E-state index contributed by atoms with van der Waals surface area (Å²) in [5.41, 5.74) is 10.9. The van der Waals surface area contributed by atoms with E-state index in [1.165, 1.54) is 6.33 Å². The Bertz CT molecular complexity index is 1190. The van der Waals surface area contributed by atoms with Crippen molar-refractivity contribution < 1.29 is 4.79 Å². The largest absolute Gasteiger partial charge is 0.383 e. The third kappa shape index (κ3) is 3.17. The molecule has 5 rings (SSSR count). The van der Waals surface area contributed by atoms with E-state index < -0.39 is 0 Å². The molecule has 2 aliphatic rings. The van der Waals surface area contributed by atoms with Gasteiger partial charge in [0.05, 0.1) is 5.39 Å². The predicted octanol–water partition coefficient (Wildman–Crippen LogP) is 2.72. The van der Waals surface area contributed by atoms with E-state index >= 15 is 0 Å². The number of likely N-dealkylation sites (tertiary alicyclic amines) is 2. The van der Waals surface area contributed by atoms with Crippen LogP contribution in [0.25, 0.3) is 22.2 Å². The molecule has 3 aromatic rings. The molecule has 1 aromatic carbocycles. The summed E-state index contributed by atoms with van der Waals surface area (Å²) in [7, 11) is 1.99. The molecule has 2 fully saturated rings. The van der Waals surface area contributed by atoms with Gasteiger partial charge in [-0.25, -0.2) is 9.97 Å². The summed E-state index contributed by atoms with van der Waals surface area (Å²) in [4.78, 5) is 25.2.